The van der Waals surface area contributed by atoms with Gasteiger partial charge in [0.1, 0.15) is 11.5 Å². The molecule has 1 aliphatic heterocycles. The van der Waals surface area contributed by atoms with Gasteiger partial charge in [0.05, 0.1) is 5.56 Å². The summed E-state index contributed by atoms with van der Waals surface area (Å²) in [4.78, 5) is 12.6. The van der Waals surface area contributed by atoms with Crippen molar-refractivity contribution in [2.75, 3.05) is 0 Å². The lowest BCUT2D eigenvalue weighted by atomic mass is 9.96. The molecule has 0 saturated carbocycles. The fourth-order valence-electron chi connectivity index (χ4n) is 2.77. The predicted molar refractivity (Wildman–Crippen MR) is 82.6 cm³/mol. The Bertz CT molecular complexity index is 909. The van der Waals surface area contributed by atoms with Gasteiger partial charge in [-0.2, -0.15) is 0 Å². The number of pyridine rings is 1. The van der Waals surface area contributed by atoms with Crippen LogP contribution < -0.4 is 10.3 Å². The highest BCUT2D eigenvalue weighted by molar-refractivity contribution is 5.89. The Morgan fingerprint density at radius 1 is 0.810 bits per heavy atom. The molecule has 0 unspecified atom stereocenters. The predicted octanol–water partition coefficient (Wildman–Crippen LogP) is 3.83. The van der Waals surface area contributed by atoms with Crippen molar-refractivity contribution in [2.45, 2.75) is 0 Å². The molecule has 21 heavy (non-hydrogen) atoms. The normalized spacial score (nSPS) is 11.7. The van der Waals surface area contributed by atoms with E-state index >= 15 is 0 Å². The van der Waals surface area contributed by atoms with E-state index in [1.54, 1.807) is 17.8 Å². The number of hydrogen-bond acceptors (Lipinski definition) is 2. The van der Waals surface area contributed by atoms with Gasteiger partial charge in [0, 0.05) is 29.9 Å². The van der Waals surface area contributed by atoms with Crippen LogP contribution in [0.15, 0.2) is 65.6 Å². The highest BCUT2D eigenvalue weighted by Crippen LogP contribution is 2.44. The molecular formula is C18H13NO2. The van der Waals surface area contributed by atoms with Crippen molar-refractivity contribution in [2.24, 2.45) is 7.05 Å². The summed E-state index contributed by atoms with van der Waals surface area (Å²) in [6.45, 7) is 0. The third-order valence-corrected chi connectivity index (χ3v) is 3.82. The maximum absolute atomic E-state index is 12.6. The van der Waals surface area contributed by atoms with Gasteiger partial charge in [0.25, 0.3) is 5.56 Å². The van der Waals surface area contributed by atoms with Crippen LogP contribution in [0.25, 0.3) is 22.3 Å². The van der Waals surface area contributed by atoms with Crippen molar-refractivity contribution in [3.8, 4) is 33.8 Å². The summed E-state index contributed by atoms with van der Waals surface area (Å²) in [6.07, 6.45) is 1.80. The highest BCUT2D eigenvalue weighted by Gasteiger charge is 2.22. The molecular weight excluding hydrogens is 262 g/mol. The number of aryl methyl sites for hydroxylation is 1. The number of para-hydroxylation sites is 2. The summed E-state index contributed by atoms with van der Waals surface area (Å²) < 4.78 is 7.63. The minimum atomic E-state index is -0.0137. The molecule has 0 fully saturated rings. The van der Waals surface area contributed by atoms with E-state index in [-0.39, 0.29) is 5.56 Å². The summed E-state index contributed by atoms with van der Waals surface area (Å²) >= 11 is 0. The maximum atomic E-state index is 12.6. The molecule has 0 amide bonds. The standard InChI is InChI=1S/C18H13NO2/c1-19-11-10-13-12-6-2-4-8-15(12)21-16-9-5-3-7-14(16)17(13)18(19)20/h2-11H,1H3. The number of hydrogen-bond donors (Lipinski definition) is 0. The Hall–Kier alpha value is -2.81. The lowest BCUT2D eigenvalue weighted by Crippen LogP contribution is -2.18. The summed E-state index contributed by atoms with van der Waals surface area (Å²) in [5.74, 6) is 1.49. The molecule has 0 bridgehead atoms. The monoisotopic (exact) mass is 275 g/mol. The highest BCUT2D eigenvalue weighted by atomic mass is 16.5. The Balaban J connectivity index is 2.20. The molecule has 0 saturated heterocycles. The van der Waals surface area contributed by atoms with Crippen LogP contribution in [-0.4, -0.2) is 4.57 Å². The second kappa shape index (κ2) is 4.35. The molecule has 4 rings (SSSR count). The van der Waals surface area contributed by atoms with Gasteiger partial charge >= 0.3 is 0 Å². The van der Waals surface area contributed by atoms with Crippen LogP contribution >= 0.6 is 0 Å². The molecule has 1 aliphatic rings. The lowest BCUT2D eigenvalue weighted by molar-refractivity contribution is 0.487. The number of nitrogens with zero attached hydrogens (tertiary/aromatic N) is 1. The summed E-state index contributed by atoms with van der Waals surface area (Å²) in [5.41, 5.74) is 3.38. The van der Waals surface area contributed by atoms with Crippen LogP contribution in [0.1, 0.15) is 0 Å². The molecule has 2 heterocycles. The van der Waals surface area contributed by atoms with Gasteiger partial charge in [-0.25, -0.2) is 0 Å². The lowest BCUT2D eigenvalue weighted by Gasteiger charge is -2.09. The van der Waals surface area contributed by atoms with Crippen molar-refractivity contribution in [3.05, 3.63) is 71.1 Å². The summed E-state index contributed by atoms with van der Waals surface area (Å²) in [7, 11) is 1.77. The molecule has 3 heteroatoms. The molecule has 2 aromatic carbocycles. The molecule has 0 N–H and O–H groups in total. The van der Waals surface area contributed by atoms with Gasteiger partial charge < -0.3 is 9.30 Å². The smallest absolute Gasteiger partial charge is 0.258 e. The molecule has 3 nitrogen and oxygen atoms in total. The van der Waals surface area contributed by atoms with Gasteiger partial charge in [-0.15, -0.1) is 0 Å². The van der Waals surface area contributed by atoms with Crippen molar-refractivity contribution in [1.82, 2.24) is 4.57 Å². The molecule has 1 aromatic heterocycles. The van der Waals surface area contributed by atoms with Crippen molar-refractivity contribution < 1.29 is 4.74 Å². The third kappa shape index (κ3) is 1.71. The van der Waals surface area contributed by atoms with E-state index in [1.165, 1.54) is 0 Å². The van der Waals surface area contributed by atoms with Crippen LogP contribution in [0.5, 0.6) is 11.5 Å². The first-order chi connectivity index (χ1) is 10.3. The fourth-order valence-corrected chi connectivity index (χ4v) is 2.77. The van der Waals surface area contributed by atoms with E-state index in [4.69, 9.17) is 4.74 Å². The van der Waals surface area contributed by atoms with Gasteiger partial charge in [-0.1, -0.05) is 36.4 Å². The Labute approximate surface area is 122 Å². The molecule has 0 aliphatic carbocycles. The molecule has 0 spiro atoms. The zero-order valence-electron chi connectivity index (χ0n) is 11.5. The van der Waals surface area contributed by atoms with E-state index in [2.05, 4.69) is 0 Å². The summed E-state index contributed by atoms with van der Waals surface area (Å²) in [6, 6.07) is 17.5. The number of ether oxygens (including phenoxy) is 1. The van der Waals surface area contributed by atoms with Crippen LogP contribution in [-0.2, 0) is 7.05 Å². The quantitative estimate of drug-likeness (QED) is 0.488. The first-order valence-corrected chi connectivity index (χ1v) is 6.82. The van der Waals surface area contributed by atoms with E-state index in [0.717, 1.165) is 22.4 Å². The average Bonchev–Trinajstić information content (AvgIpc) is 2.65. The van der Waals surface area contributed by atoms with E-state index in [1.807, 2.05) is 54.6 Å². The fraction of sp³-hybridized carbons (Fsp3) is 0.0556. The minimum Gasteiger partial charge on any atom is -0.456 e. The Morgan fingerprint density at radius 3 is 2.19 bits per heavy atom. The number of fused-ring (bicyclic) bond motifs is 5. The topological polar surface area (TPSA) is 31.2 Å². The van der Waals surface area contributed by atoms with Gasteiger partial charge in [0.15, 0.2) is 0 Å². The maximum Gasteiger partial charge on any atom is 0.258 e. The van der Waals surface area contributed by atoms with Crippen LogP contribution in [0.2, 0.25) is 0 Å². The third-order valence-electron chi connectivity index (χ3n) is 3.82. The van der Waals surface area contributed by atoms with Crippen molar-refractivity contribution in [3.63, 3.8) is 0 Å². The van der Waals surface area contributed by atoms with Gasteiger partial charge in [-0.05, 0) is 18.2 Å². The molecule has 3 aromatic rings. The Morgan fingerprint density at radius 2 is 1.43 bits per heavy atom. The number of aromatic nitrogens is 1. The van der Waals surface area contributed by atoms with Crippen LogP contribution in [0, 0.1) is 0 Å². The van der Waals surface area contributed by atoms with Crippen LogP contribution in [0.4, 0.5) is 0 Å². The Kier molecular flexibility index (Phi) is 2.48. The molecule has 0 atom stereocenters. The molecule has 0 radical (unpaired) electrons. The van der Waals surface area contributed by atoms with E-state index in [0.29, 0.717) is 11.3 Å². The van der Waals surface area contributed by atoms with Gasteiger partial charge in [-0.3, -0.25) is 4.79 Å². The zero-order chi connectivity index (χ0) is 14.4. The average molecular weight is 275 g/mol. The van der Waals surface area contributed by atoms with Crippen molar-refractivity contribution >= 4 is 0 Å². The second-order valence-electron chi connectivity index (χ2n) is 5.11. The first kappa shape index (κ1) is 12.0. The number of rotatable bonds is 0. The van der Waals surface area contributed by atoms with Crippen LogP contribution in [0.3, 0.4) is 0 Å². The second-order valence-corrected chi connectivity index (χ2v) is 5.11. The van der Waals surface area contributed by atoms with Crippen molar-refractivity contribution in [1.29, 1.82) is 0 Å². The van der Waals surface area contributed by atoms with E-state index < -0.39 is 0 Å². The largest absolute Gasteiger partial charge is 0.456 e. The first-order valence-electron chi connectivity index (χ1n) is 6.82. The number of benzene rings is 2. The van der Waals surface area contributed by atoms with E-state index in [9.17, 15) is 4.79 Å². The zero-order valence-corrected chi connectivity index (χ0v) is 11.5. The minimum absolute atomic E-state index is 0.0137. The van der Waals surface area contributed by atoms with Gasteiger partial charge in [0.2, 0.25) is 0 Å². The molecule has 102 valence electrons. The SMILES string of the molecule is Cn1ccc2c(c1=O)-c1ccccc1Oc1ccccc1-2. The summed E-state index contributed by atoms with van der Waals surface area (Å²) in [5, 5.41) is 0.